The molecule has 8 aliphatic carbocycles. The highest BCUT2D eigenvalue weighted by molar-refractivity contribution is 6.31. The Morgan fingerprint density at radius 2 is 0.698 bits per heavy atom. The standard InChI is InChI=1S/C44H46Cl3N3O3/c45-29-1-4-37(34(48)13-29)51-40-32(43-17-23-7-24(18-43)9-25(8-23)19-43)16-33(44-20-26-10-27(21-44)12-28(11-26)22-44)41(52-38-5-2-30(46)14-35(38)49)42(40)53-39-6-3-31(47)15-36(39)50/h1-6,13-16,23-28H,7-12,17-22,48-50H2. The molecule has 0 unspecified atom stereocenters. The molecule has 8 bridgehead atoms. The summed E-state index contributed by atoms with van der Waals surface area (Å²) >= 11 is 19.3. The van der Waals surface area contributed by atoms with Crippen LogP contribution in [0.25, 0.3) is 0 Å². The number of hydrogen-bond donors (Lipinski definition) is 3. The number of hydrogen-bond acceptors (Lipinski definition) is 6. The first kappa shape index (κ1) is 34.1. The van der Waals surface area contributed by atoms with Crippen LogP contribution < -0.4 is 31.4 Å². The van der Waals surface area contributed by atoms with Crippen LogP contribution in [0.5, 0.6) is 34.5 Å². The molecule has 8 saturated carbocycles. The van der Waals surface area contributed by atoms with Gasteiger partial charge in [-0.15, -0.1) is 0 Å². The van der Waals surface area contributed by atoms with E-state index in [9.17, 15) is 0 Å². The second-order valence-corrected chi connectivity index (χ2v) is 19.0. The van der Waals surface area contributed by atoms with Crippen molar-refractivity contribution < 1.29 is 14.2 Å². The van der Waals surface area contributed by atoms with Crippen LogP contribution in [0, 0.1) is 35.5 Å². The molecule has 276 valence electrons. The Kier molecular flexibility index (Phi) is 8.06. The Balaban J connectivity index is 1.27. The normalized spacial score (nSPS) is 31.9. The van der Waals surface area contributed by atoms with Gasteiger partial charge in [-0.2, -0.15) is 0 Å². The van der Waals surface area contributed by atoms with E-state index in [0.29, 0.717) is 102 Å². The first-order valence-electron chi connectivity index (χ1n) is 19.4. The Labute approximate surface area is 326 Å². The predicted octanol–water partition coefficient (Wildman–Crippen LogP) is 12.7. The van der Waals surface area contributed by atoms with Gasteiger partial charge in [0.25, 0.3) is 0 Å². The van der Waals surface area contributed by atoms with Crippen molar-refractivity contribution in [3.8, 4) is 34.5 Å². The number of anilines is 3. The van der Waals surface area contributed by atoms with E-state index in [0.717, 1.165) is 38.5 Å². The second-order valence-electron chi connectivity index (χ2n) is 17.7. The van der Waals surface area contributed by atoms with Crippen LogP contribution in [0.4, 0.5) is 17.1 Å². The maximum absolute atomic E-state index is 7.15. The molecular weight excluding hydrogens is 725 g/mol. The summed E-state index contributed by atoms with van der Waals surface area (Å²) in [7, 11) is 0. The van der Waals surface area contributed by atoms with Crippen molar-refractivity contribution >= 4 is 51.9 Å². The van der Waals surface area contributed by atoms with Crippen molar-refractivity contribution in [2.75, 3.05) is 17.2 Å². The van der Waals surface area contributed by atoms with Crippen molar-refractivity contribution in [2.24, 2.45) is 35.5 Å². The van der Waals surface area contributed by atoms with E-state index in [1.54, 1.807) is 24.3 Å². The number of ether oxygens (including phenoxy) is 3. The van der Waals surface area contributed by atoms with Crippen LogP contribution >= 0.6 is 34.8 Å². The van der Waals surface area contributed by atoms with Crippen LogP contribution in [0.2, 0.25) is 15.1 Å². The summed E-state index contributed by atoms with van der Waals surface area (Å²) in [6.07, 6.45) is 14.8. The van der Waals surface area contributed by atoms with E-state index in [-0.39, 0.29) is 10.8 Å². The average Bonchev–Trinajstić information content (AvgIpc) is 3.08. The number of benzene rings is 4. The molecule has 4 aromatic carbocycles. The number of nitrogen functional groups attached to an aromatic ring is 3. The molecule has 0 aliphatic heterocycles. The van der Waals surface area contributed by atoms with Gasteiger partial charge in [0.2, 0.25) is 5.75 Å². The third-order valence-electron chi connectivity index (χ3n) is 14.0. The Morgan fingerprint density at radius 1 is 0.415 bits per heavy atom. The molecule has 0 heterocycles. The molecular formula is C44H46Cl3N3O3. The van der Waals surface area contributed by atoms with Crippen molar-refractivity contribution in [3.05, 3.63) is 86.9 Å². The van der Waals surface area contributed by atoms with Crippen molar-refractivity contribution in [3.63, 3.8) is 0 Å². The van der Waals surface area contributed by atoms with Gasteiger partial charge in [-0.25, -0.2) is 0 Å². The van der Waals surface area contributed by atoms with Crippen molar-refractivity contribution in [2.45, 2.75) is 87.9 Å². The van der Waals surface area contributed by atoms with Crippen LogP contribution in [0.15, 0.2) is 60.7 Å². The van der Waals surface area contributed by atoms with Gasteiger partial charge < -0.3 is 31.4 Å². The quantitative estimate of drug-likeness (QED) is 0.154. The van der Waals surface area contributed by atoms with E-state index >= 15 is 0 Å². The van der Waals surface area contributed by atoms with E-state index in [2.05, 4.69) is 6.07 Å². The zero-order chi connectivity index (χ0) is 36.2. The molecule has 8 aliphatic rings. The summed E-state index contributed by atoms with van der Waals surface area (Å²) < 4.78 is 21.4. The molecule has 0 spiro atoms. The minimum absolute atomic E-state index is 0.0657. The maximum atomic E-state index is 7.15. The predicted molar refractivity (Wildman–Crippen MR) is 214 cm³/mol. The van der Waals surface area contributed by atoms with E-state index < -0.39 is 0 Å². The van der Waals surface area contributed by atoms with Crippen molar-refractivity contribution in [1.82, 2.24) is 0 Å². The first-order chi connectivity index (χ1) is 25.5. The molecule has 12 rings (SSSR count). The SMILES string of the molecule is Nc1cc(Cl)ccc1Oc1c(C23CC4CC(CC(C4)C2)C3)cc(C23CC4CC(CC(C4)C2)C3)c(Oc2ccc(Cl)cc2N)c1Oc1ccc(Cl)cc1N. The lowest BCUT2D eigenvalue weighted by Crippen LogP contribution is -2.50. The zero-order valence-corrected chi connectivity index (χ0v) is 32.1. The number of halogens is 3. The molecule has 53 heavy (non-hydrogen) atoms. The smallest absolute Gasteiger partial charge is 0.213 e. The average molecular weight is 771 g/mol. The molecule has 0 atom stereocenters. The summed E-state index contributed by atoms with van der Waals surface area (Å²) in [5.41, 5.74) is 23.6. The van der Waals surface area contributed by atoms with Crippen molar-refractivity contribution in [1.29, 1.82) is 0 Å². The summed E-state index contributed by atoms with van der Waals surface area (Å²) in [5, 5.41) is 1.61. The Hall–Kier alpha value is -3.45. The van der Waals surface area contributed by atoms with Crippen LogP contribution in [-0.4, -0.2) is 0 Å². The van der Waals surface area contributed by atoms with Gasteiger partial charge >= 0.3 is 0 Å². The topological polar surface area (TPSA) is 106 Å². The Morgan fingerprint density at radius 3 is 0.981 bits per heavy atom. The second kappa shape index (κ2) is 12.5. The molecule has 8 fully saturated rings. The summed E-state index contributed by atoms with van der Waals surface area (Å²) in [6, 6.07) is 18.6. The lowest BCUT2D eigenvalue weighted by Gasteiger charge is -2.59. The Bertz CT molecular complexity index is 1940. The van der Waals surface area contributed by atoms with Gasteiger partial charge in [-0.1, -0.05) is 34.8 Å². The maximum Gasteiger partial charge on any atom is 0.213 e. The number of rotatable bonds is 8. The first-order valence-corrected chi connectivity index (χ1v) is 20.6. The van der Waals surface area contributed by atoms with Gasteiger partial charge in [0, 0.05) is 26.2 Å². The van der Waals surface area contributed by atoms with Gasteiger partial charge in [0.15, 0.2) is 28.7 Å². The summed E-state index contributed by atoms with van der Waals surface area (Å²) in [5.74, 6) is 7.45. The molecule has 0 radical (unpaired) electrons. The number of nitrogens with two attached hydrogens (primary N) is 3. The van der Waals surface area contributed by atoms with E-state index in [1.807, 2.05) is 30.3 Å². The zero-order valence-electron chi connectivity index (χ0n) is 29.8. The van der Waals surface area contributed by atoms with Crippen LogP contribution in [0.1, 0.15) is 88.2 Å². The lowest BCUT2D eigenvalue weighted by molar-refractivity contribution is -0.00959. The molecule has 6 nitrogen and oxygen atoms in total. The fourth-order valence-electron chi connectivity index (χ4n) is 12.8. The summed E-state index contributed by atoms with van der Waals surface area (Å²) in [6.45, 7) is 0. The van der Waals surface area contributed by atoms with Gasteiger partial charge in [0.1, 0.15) is 0 Å². The summed E-state index contributed by atoms with van der Waals surface area (Å²) in [4.78, 5) is 0. The molecule has 0 aromatic heterocycles. The third-order valence-corrected chi connectivity index (χ3v) is 14.7. The fraction of sp³-hybridized carbons (Fsp3) is 0.455. The molecule has 6 N–H and O–H groups in total. The van der Waals surface area contributed by atoms with Crippen LogP contribution in [0.3, 0.4) is 0 Å². The minimum atomic E-state index is -0.0657. The monoisotopic (exact) mass is 769 g/mol. The third kappa shape index (κ3) is 5.90. The largest absolute Gasteiger partial charge is 0.451 e. The highest BCUT2D eigenvalue weighted by Gasteiger charge is 2.56. The molecule has 0 saturated heterocycles. The van der Waals surface area contributed by atoms with Gasteiger partial charge in [-0.05, 0) is 184 Å². The fourth-order valence-corrected chi connectivity index (χ4v) is 13.3. The van der Waals surface area contributed by atoms with Gasteiger partial charge in [-0.3, -0.25) is 0 Å². The molecule has 4 aromatic rings. The van der Waals surface area contributed by atoms with Gasteiger partial charge in [0.05, 0.1) is 17.1 Å². The highest BCUT2D eigenvalue weighted by Crippen LogP contribution is 2.68. The highest BCUT2D eigenvalue weighted by atomic mass is 35.5. The lowest BCUT2D eigenvalue weighted by atomic mass is 9.46. The van der Waals surface area contributed by atoms with E-state index in [4.69, 9.17) is 66.2 Å². The molecule has 0 amide bonds. The molecule has 9 heteroatoms. The minimum Gasteiger partial charge on any atom is -0.451 e. The van der Waals surface area contributed by atoms with Crippen LogP contribution in [-0.2, 0) is 10.8 Å². The van der Waals surface area contributed by atoms with E-state index in [1.165, 1.54) is 49.7 Å².